The van der Waals surface area contributed by atoms with Gasteiger partial charge in [0.15, 0.2) is 5.82 Å². The topological polar surface area (TPSA) is 92.2 Å². The molecule has 9 nitrogen and oxygen atoms in total. The standard InChI is InChI=1S/C34H33F4N7O2S/c1-5-24(46)44-13-18(3)45(14-17(44)2)32-21-11-23(37)25(20-7-8-22(36)30-26(20)29(40-4)31(39)48-30)27(38)28(21)41-33(42-32)47-16-34-9-6-10-43(34)15-19(35)12-34/h5,7-8,11,17-19H,1,6,9-10,12-16,39H2,2-3H3/t17-,18+,19-,34+/m1/s1. The van der Waals surface area contributed by atoms with Gasteiger partial charge in [-0.3, -0.25) is 9.69 Å². The molecule has 4 atom stereocenters. The molecule has 2 aromatic heterocycles. The fourth-order valence-corrected chi connectivity index (χ4v) is 8.62. The van der Waals surface area contributed by atoms with Gasteiger partial charge in [0.1, 0.15) is 35.7 Å². The van der Waals surface area contributed by atoms with Crippen LogP contribution in [0.2, 0.25) is 0 Å². The summed E-state index contributed by atoms with van der Waals surface area (Å²) in [7, 11) is 0. The Morgan fingerprint density at radius 3 is 2.75 bits per heavy atom. The summed E-state index contributed by atoms with van der Waals surface area (Å²) in [5.74, 6) is -2.69. The van der Waals surface area contributed by atoms with Crippen molar-refractivity contribution in [1.29, 1.82) is 0 Å². The van der Waals surface area contributed by atoms with E-state index < -0.39 is 34.7 Å². The molecule has 0 bridgehead atoms. The quantitative estimate of drug-likeness (QED) is 0.139. The lowest BCUT2D eigenvalue weighted by Crippen LogP contribution is -2.58. The monoisotopic (exact) mass is 679 g/mol. The Kier molecular flexibility index (Phi) is 7.95. The van der Waals surface area contributed by atoms with E-state index in [9.17, 15) is 13.6 Å². The molecule has 0 radical (unpaired) electrons. The Hall–Kier alpha value is -4.48. The third-order valence-corrected chi connectivity index (χ3v) is 11.0. The van der Waals surface area contributed by atoms with Crippen LogP contribution < -0.4 is 15.4 Å². The first-order valence-electron chi connectivity index (χ1n) is 15.8. The molecule has 14 heteroatoms. The van der Waals surface area contributed by atoms with E-state index in [1.54, 1.807) is 4.90 Å². The van der Waals surface area contributed by atoms with Crippen molar-refractivity contribution >= 4 is 54.7 Å². The molecule has 0 spiro atoms. The number of hydrogen-bond donors (Lipinski definition) is 1. The third-order valence-electron chi connectivity index (χ3n) is 9.96. The fraction of sp³-hybridized carbons (Fsp3) is 0.412. The molecule has 250 valence electrons. The van der Waals surface area contributed by atoms with E-state index in [1.165, 1.54) is 12.1 Å². The minimum atomic E-state index is -1.04. The second-order valence-electron chi connectivity index (χ2n) is 12.9. The van der Waals surface area contributed by atoms with E-state index in [4.69, 9.17) is 17.0 Å². The van der Waals surface area contributed by atoms with Crippen LogP contribution in [0.15, 0.2) is 30.9 Å². The smallest absolute Gasteiger partial charge is 0.319 e. The molecule has 0 aliphatic carbocycles. The number of benzene rings is 2. The molecule has 2 aromatic carbocycles. The van der Waals surface area contributed by atoms with Crippen molar-refractivity contribution in [3.05, 3.63) is 59.7 Å². The number of nitrogens with zero attached hydrogens (tertiary/aromatic N) is 6. The number of piperazine rings is 1. The summed E-state index contributed by atoms with van der Waals surface area (Å²) in [5.41, 5.74) is 4.62. The lowest BCUT2D eigenvalue weighted by molar-refractivity contribution is -0.128. The van der Waals surface area contributed by atoms with E-state index in [1.807, 2.05) is 18.7 Å². The number of nitrogens with two attached hydrogens (primary N) is 1. The summed E-state index contributed by atoms with van der Waals surface area (Å²) >= 11 is 0.835. The summed E-state index contributed by atoms with van der Waals surface area (Å²) < 4.78 is 68.7. The summed E-state index contributed by atoms with van der Waals surface area (Å²) in [6.45, 7) is 16.7. The lowest BCUT2D eigenvalue weighted by atomic mass is 9.95. The largest absolute Gasteiger partial charge is 0.461 e. The molecule has 3 fully saturated rings. The van der Waals surface area contributed by atoms with E-state index >= 15 is 8.78 Å². The van der Waals surface area contributed by atoms with Crippen LogP contribution >= 0.6 is 11.3 Å². The van der Waals surface area contributed by atoms with Crippen LogP contribution in [0.3, 0.4) is 0 Å². The van der Waals surface area contributed by atoms with E-state index in [-0.39, 0.29) is 73.7 Å². The highest BCUT2D eigenvalue weighted by molar-refractivity contribution is 7.23. The van der Waals surface area contributed by atoms with Crippen LogP contribution in [-0.4, -0.2) is 82.3 Å². The van der Waals surface area contributed by atoms with E-state index in [2.05, 4.69) is 26.3 Å². The molecule has 2 N–H and O–H groups in total. The highest BCUT2D eigenvalue weighted by atomic mass is 32.1. The van der Waals surface area contributed by atoms with Crippen LogP contribution in [0.4, 0.5) is 34.1 Å². The van der Waals surface area contributed by atoms with Crippen molar-refractivity contribution in [2.75, 3.05) is 43.4 Å². The van der Waals surface area contributed by atoms with Gasteiger partial charge in [-0.25, -0.2) is 22.4 Å². The molecular formula is C34H33F4N7O2S. The highest BCUT2D eigenvalue weighted by Crippen LogP contribution is 2.48. The number of aromatic nitrogens is 2. The Morgan fingerprint density at radius 2 is 2.00 bits per heavy atom. The van der Waals surface area contributed by atoms with Crippen LogP contribution in [0.1, 0.15) is 33.1 Å². The zero-order valence-corrected chi connectivity index (χ0v) is 27.2. The summed E-state index contributed by atoms with van der Waals surface area (Å²) in [5, 5.41) is 0.124. The number of anilines is 2. The van der Waals surface area contributed by atoms with Crippen molar-refractivity contribution in [3.8, 4) is 17.1 Å². The van der Waals surface area contributed by atoms with Gasteiger partial charge >= 0.3 is 6.01 Å². The van der Waals surface area contributed by atoms with Gasteiger partial charge in [-0.15, -0.1) is 11.3 Å². The van der Waals surface area contributed by atoms with Crippen molar-refractivity contribution in [2.24, 2.45) is 0 Å². The maximum Gasteiger partial charge on any atom is 0.319 e. The number of halogens is 4. The molecular weight excluding hydrogens is 646 g/mol. The minimum Gasteiger partial charge on any atom is -0.461 e. The Labute approximate surface area is 278 Å². The second-order valence-corrected chi connectivity index (χ2v) is 14.0. The Bertz CT molecular complexity index is 2030. The van der Waals surface area contributed by atoms with Gasteiger partial charge in [0.05, 0.1) is 27.4 Å². The van der Waals surface area contributed by atoms with Gasteiger partial charge in [0, 0.05) is 48.9 Å². The SMILES string of the molecule is [C-]#[N+]c1c(N)sc2c(F)ccc(-c3c(F)cc4c(N5C[C@@H](C)N(C(=O)C=C)C[C@@H]5C)nc(OC[C@@]56CCCN5C[C@H](F)C6)nc4c3F)c12. The van der Waals surface area contributed by atoms with Crippen LogP contribution in [0, 0.1) is 24.0 Å². The molecule has 3 aliphatic rings. The molecule has 3 aliphatic heterocycles. The highest BCUT2D eigenvalue weighted by Gasteiger charge is 2.49. The summed E-state index contributed by atoms with van der Waals surface area (Å²) in [6, 6.07) is 2.68. The number of nitrogen functional groups attached to an aromatic ring is 1. The average Bonchev–Trinajstić information content (AvgIpc) is 3.70. The third kappa shape index (κ3) is 5.02. The molecule has 3 saturated heterocycles. The summed E-state index contributed by atoms with van der Waals surface area (Å²) in [6.07, 6.45) is 2.20. The zero-order chi connectivity index (χ0) is 34.1. The first kappa shape index (κ1) is 32.1. The van der Waals surface area contributed by atoms with Gasteiger partial charge in [-0.2, -0.15) is 9.97 Å². The first-order valence-corrected chi connectivity index (χ1v) is 16.6. The van der Waals surface area contributed by atoms with E-state index in [0.29, 0.717) is 26.1 Å². The maximum absolute atomic E-state index is 16.9. The summed E-state index contributed by atoms with van der Waals surface area (Å²) in [4.78, 5) is 30.7. The number of fused-ring (bicyclic) bond motifs is 3. The van der Waals surface area contributed by atoms with Crippen LogP contribution in [0.25, 0.3) is 37.0 Å². The molecule has 0 saturated carbocycles. The number of rotatable bonds is 6. The molecule has 1 amide bonds. The van der Waals surface area contributed by atoms with Crippen molar-refractivity contribution in [3.63, 3.8) is 0 Å². The number of carbonyl (C=O) groups is 1. The number of ether oxygens (including phenoxy) is 1. The lowest BCUT2D eigenvalue weighted by Gasteiger charge is -2.44. The predicted octanol–water partition coefficient (Wildman–Crippen LogP) is 6.63. The van der Waals surface area contributed by atoms with Crippen LogP contribution in [-0.2, 0) is 4.79 Å². The van der Waals surface area contributed by atoms with E-state index in [0.717, 1.165) is 42.9 Å². The maximum atomic E-state index is 16.9. The van der Waals surface area contributed by atoms with Crippen molar-refractivity contribution in [2.45, 2.75) is 56.9 Å². The molecule has 48 heavy (non-hydrogen) atoms. The normalized spacial score (nSPS) is 24.3. The number of alkyl halides is 1. The zero-order valence-electron chi connectivity index (χ0n) is 26.4. The number of carbonyl (C=O) groups excluding carboxylic acids is 1. The van der Waals surface area contributed by atoms with Crippen molar-refractivity contribution in [1.82, 2.24) is 19.8 Å². The number of hydrogen-bond acceptors (Lipinski definition) is 8. The number of thiophene rings is 1. The first-order chi connectivity index (χ1) is 23.0. The Morgan fingerprint density at radius 1 is 1.21 bits per heavy atom. The fourth-order valence-electron chi connectivity index (χ4n) is 7.68. The number of amides is 1. The molecule has 0 unspecified atom stereocenters. The van der Waals surface area contributed by atoms with Crippen LogP contribution in [0.5, 0.6) is 6.01 Å². The van der Waals surface area contributed by atoms with Gasteiger partial charge in [-0.1, -0.05) is 12.6 Å². The average molecular weight is 680 g/mol. The minimum absolute atomic E-state index is 0.0140. The van der Waals surface area contributed by atoms with Crippen molar-refractivity contribution < 1.29 is 27.1 Å². The predicted molar refractivity (Wildman–Crippen MR) is 178 cm³/mol. The van der Waals surface area contributed by atoms with Gasteiger partial charge in [0.2, 0.25) is 11.6 Å². The van der Waals surface area contributed by atoms with Gasteiger partial charge < -0.3 is 20.3 Å². The second kappa shape index (κ2) is 11.9. The van der Waals surface area contributed by atoms with Gasteiger partial charge in [0.25, 0.3) is 0 Å². The molecule has 5 heterocycles. The molecule has 4 aromatic rings. The van der Waals surface area contributed by atoms with Gasteiger partial charge in [-0.05, 0) is 57.0 Å². The molecule has 7 rings (SSSR count). The Balaban J connectivity index is 1.39.